The number of nitrogens with one attached hydrogen (secondary N) is 1. The molecule has 4 heterocycles. The lowest BCUT2D eigenvalue weighted by Crippen LogP contribution is -2.56. The van der Waals surface area contributed by atoms with E-state index in [4.69, 9.17) is 20.9 Å². The first-order chi connectivity index (χ1) is 21.5. The molecule has 6 rings (SSSR count). The molecule has 0 unspecified atom stereocenters. The van der Waals surface area contributed by atoms with Crippen molar-refractivity contribution < 1.29 is 18.7 Å². The Hall–Kier alpha value is -5.57. The number of fused-ring (bicyclic) bond motifs is 1. The molecule has 1 amide bonds. The molecule has 1 saturated heterocycles. The molecule has 10 nitrogen and oxygen atoms in total. The van der Waals surface area contributed by atoms with Crippen LogP contribution < -0.4 is 21.5 Å². The van der Waals surface area contributed by atoms with Crippen molar-refractivity contribution in [2.75, 3.05) is 24.3 Å². The first-order valence-corrected chi connectivity index (χ1v) is 14.0. The predicted octanol–water partition coefficient (Wildman–Crippen LogP) is 5.11. The molecule has 0 aliphatic carbocycles. The second kappa shape index (κ2) is 11.5. The average Bonchev–Trinajstić information content (AvgIpc) is 3.31. The van der Waals surface area contributed by atoms with Gasteiger partial charge in [-0.15, -0.1) is 0 Å². The number of anilines is 2. The molecule has 1 aliphatic heterocycles. The van der Waals surface area contributed by atoms with Crippen LogP contribution in [0.3, 0.4) is 0 Å². The van der Waals surface area contributed by atoms with Gasteiger partial charge in [-0.25, -0.2) is 19.3 Å². The molecule has 0 spiro atoms. The summed E-state index contributed by atoms with van der Waals surface area (Å²) in [6.45, 7) is 7.79. The number of carbonyl (C=O) groups is 1. The summed E-state index contributed by atoms with van der Waals surface area (Å²) in [4.78, 5) is 24.9. The van der Waals surface area contributed by atoms with Crippen molar-refractivity contribution in [3.63, 3.8) is 0 Å². The summed E-state index contributed by atoms with van der Waals surface area (Å²) in [5.74, 6) is 5.61. The van der Waals surface area contributed by atoms with Crippen LogP contribution in [0.15, 0.2) is 73.1 Å². The lowest BCUT2D eigenvalue weighted by atomic mass is 9.97. The van der Waals surface area contributed by atoms with E-state index in [0.29, 0.717) is 57.8 Å². The fraction of sp³-hybridized carbons (Fsp3) is 0.176. The fourth-order valence-corrected chi connectivity index (χ4v) is 5.07. The Balaban J connectivity index is 1.52. The lowest BCUT2D eigenvalue weighted by Gasteiger charge is -2.32. The molecular formula is C34H30FN7O3. The van der Waals surface area contributed by atoms with Gasteiger partial charge in [0.05, 0.1) is 35.4 Å². The zero-order chi connectivity index (χ0) is 31.9. The second-order valence-electron chi connectivity index (χ2n) is 11.0. The van der Waals surface area contributed by atoms with Crippen molar-refractivity contribution in [3.8, 4) is 46.0 Å². The van der Waals surface area contributed by atoms with Crippen LogP contribution in [-0.2, 0) is 16.6 Å². The van der Waals surface area contributed by atoms with Crippen LogP contribution in [0.2, 0.25) is 0 Å². The Morgan fingerprint density at radius 1 is 1.16 bits per heavy atom. The van der Waals surface area contributed by atoms with E-state index in [-0.39, 0.29) is 23.5 Å². The summed E-state index contributed by atoms with van der Waals surface area (Å²) in [6, 6.07) is 13.7. The summed E-state index contributed by atoms with van der Waals surface area (Å²) < 4.78 is 28.5. The molecule has 0 radical (unpaired) electrons. The van der Waals surface area contributed by atoms with Crippen molar-refractivity contribution in [3.05, 3.63) is 90.2 Å². The van der Waals surface area contributed by atoms with Gasteiger partial charge in [0.2, 0.25) is 0 Å². The van der Waals surface area contributed by atoms with Gasteiger partial charge in [0, 0.05) is 42.0 Å². The van der Waals surface area contributed by atoms with Crippen LogP contribution in [0.1, 0.15) is 18.2 Å². The monoisotopic (exact) mass is 603 g/mol. The van der Waals surface area contributed by atoms with Gasteiger partial charge in [-0.1, -0.05) is 36.6 Å². The molecule has 5 aromatic rings. The number of nitrogens with zero attached hydrogens (tertiary/aromatic N) is 4. The third-order valence-electron chi connectivity index (χ3n) is 7.40. The normalized spacial score (nSPS) is 13.4. The number of nitrogen functional groups attached to an aromatic ring is 1. The van der Waals surface area contributed by atoms with Gasteiger partial charge in [-0.05, 0) is 55.3 Å². The van der Waals surface area contributed by atoms with Gasteiger partial charge in [-0.2, -0.15) is 0 Å². The number of aromatic nitrogens is 4. The highest BCUT2D eigenvalue weighted by molar-refractivity contribution is 6.11. The Morgan fingerprint density at radius 2 is 1.89 bits per heavy atom. The Morgan fingerprint density at radius 3 is 2.53 bits per heavy atom. The van der Waals surface area contributed by atoms with E-state index in [1.807, 2.05) is 23.7 Å². The van der Waals surface area contributed by atoms with Gasteiger partial charge in [-0.3, -0.25) is 4.79 Å². The molecule has 0 atom stereocenters. The highest BCUT2D eigenvalue weighted by Gasteiger charge is 2.32. The predicted molar refractivity (Wildman–Crippen MR) is 171 cm³/mol. The number of rotatable bonds is 6. The van der Waals surface area contributed by atoms with E-state index in [1.165, 1.54) is 12.1 Å². The number of carbonyl (C=O) groups excluding carboxylic acids is 1. The number of amides is 1. The Labute approximate surface area is 258 Å². The van der Waals surface area contributed by atoms with Crippen LogP contribution in [0.25, 0.3) is 33.3 Å². The molecule has 5 N–H and O–H groups in total. The minimum absolute atomic E-state index is 0.0302. The molecule has 2 aromatic carbocycles. The van der Waals surface area contributed by atoms with E-state index in [2.05, 4.69) is 38.7 Å². The average molecular weight is 604 g/mol. The molecule has 1 aliphatic rings. The molecule has 45 heavy (non-hydrogen) atoms. The van der Waals surface area contributed by atoms with Gasteiger partial charge in [0.15, 0.2) is 11.6 Å². The molecule has 3 aromatic heterocycles. The zero-order valence-electron chi connectivity index (χ0n) is 24.9. The fourth-order valence-electron chi connectivity index (χ4n) is 5.07. The lowest BCUT2D eigenvalue weighted by molar-refractivity contribution is -0.112. The topological polar surface area (TPSA) is 143 Å². The number of halogens is 1. The van der Waals surface area contributed by atoms with Crippen LogP contribution in [0, 0.1) is 24.6 Å². The maximum atomic E-state index is 15.7. The summed E-state index contributed by atoms with van der Waals surface area (Å²) in [7, 11) is 1.89. The van der Waals surface area contributed by atoms with Gasteiger partial charge in [0.1, 0.15) is 11.4 Å². The van der Waals surface area contributed by atoms with Crippen molar-refractivity contribution in [1.82, 2.24) is 19.5 Å². The van der Waals surface area contributed by atoms with Crippen LogP contribution >= 0.6 is 0 Å². The van der Waals surface area contributed by atoms with Crippen molar-refractivity contribution in [2.45, 2.75) is 19.4 Å². The number of hydrogen-bond acceptors (Lipinski definition) is 8. The van der Waals surface area contributed by atoms with Gasteiger partial charge >= 0.3 is 6.01 Å². The number of benzene rings is 2. The SMILES string of the molecule is C=C(C)C(=O)Nc1ccc(-c2c(-c3ccc(Oc4nccc(C)n4)c(F)c3)c3c(N)ncc(C#CC4(N)COC4)c3n2C)cc1. The van der Waals surface area contributed by atoms with Crippen molar-refractivity contribution >= 4 is 28.3 Å². The number of pyridine rings is 1. The summed E-state index contributed by atoms with van der Waals surface area (Å²) in [6.07, 6.45) is 3.15. The van der Waals surface area contributed by atoms with Crippen molar-refractivity contribution in [2.24, 2.45) is 12.8 Å². The van der Waals surface area contributed by atoms with Crippen LogP contribution in [0.4, 0.5) is 15.9 Å². The molecule has 11 heteroatoms. The molecule has 0 saturated carbocycles. The first kappa shape index (κ1) is 29.5. The highest BCUT2D eigenvalue weighted by atomic mass is 19.1. The first-order valence-electron chi connectivity index (χ1n) is 14.0. The highest BCUT2D eigenvalue weighted by Crippen LogP contribution is 2.44. The Bertz CT molecular complexity index is 2050. The minimum atomic E-state index is -0.742. The third kappa shape index (κ3) is 5.72. The Kier molecular flexibility index (Phi) is 7.54. The largest absolute Gasteiger partial charge is 0.421 e. The smallest absolute Gasteiger partial charge is 0.322 e. The molecule has 226 valence electrons. The quantitative estimate of drug-likeness (QED) is 0.179. The van der Waals surface area contributed by atoms with Gasteiger partial charge in [0.25, 0.3) is 5.91 Å². The van der Waals surface area contributed by atoms with E-state index < -0.39 is 11.4 Å². The third-order valence-corrected chi connectivity index (χ3v) is 7.40. The number of aryl methyl sites for hydroxylation is 2. The summed E-state index contributed by atoms with van der Waals surface area (Å²) in [5.41, 5.74) is 17.8. The number of ether oxygens (including phenoxy) is 2. The minimum Gasteiger partial charge on any atom is -0.421 e. The second-order valence-corrected chi connectivity index (χ2v) is 11.0. The maximum Gasteiger partial charge on any atom is 0.322 e. The summed E-state index contributed by atoms with van der Waals surface area (Å²) >= 11 is 0. The van der Waals surface area contributed by atoms with E-state index in [1.54, 1.807) is 50.5 Å². The van der Waals surface area contributed by atoms with E-state index >= 15 is 4.39 Å². The number of nitrogens with two attached hydrogens (primary N) is 2. The molecule has 0 bridgehead atoms. The van der Waals surface area contributed by atoms with Crippen LogP contribution in [-0.4, -0.2) is 44.2 Å². The molecule has 1 fully saturated rings. The van der Waals surface area contributed by atoms with E-state index in [0.717, 1.165) is 11.3 Å². The standard InChI is InChI=1S/C34H30FN7O3/c1-19(2)32(43)41-24-8-5-21(6-9-24)29-27(22-7-10-26(25(35)15-22)45-33-38-14-12-20(3)40-33)28-30(42(29)4)23(16-39-31(28)36)11-13-34(37)17-44-18-34/h5-10,12,14-16H,1,17-18,37H2,2-4H3,(H2,36,39)(H,41,43). The number of hydrogen-bond donors (Lipinski definition) is 3. The maximum absolute atomic E-state index is 15.7. The van der Waals surface area contributed by atoms with E-state index in [9.17, 15) is 4.79 Å². The van der Waals surface area contributed by atoms with Crippen LogP contribution in [0.5, 0.6) is 11.8 Å². The zero-order valence-corrected chi connectivity index (χ0v) is 24.9. The molecular weight excluding hydrogens is 573 g/mol. The summed E-state index contributed by atoms with van der Waals surface area (Å²) in [5, 5.41) is 3.42. The van der Waals surface area contributed by atoms with Crippen molar-refractivity contribution in [1.29, 1.82) is 0 Å². The van der Waals surface area contributed by atoms with Gasteiger partial charge < -0.3 is 30.8 Å².